The predicted molar refractivity (Wildman–Crippen MR) is 115 cm³/mol. The van der Waals surface area contributed by atoms with Crippen LogP contribution in [0.1, 0.15) is 34.1 Å². The summed E-state index contributed by atoms with van der Waals surface area (Å²) in [5.74, 6) is 0.510. The number of methoxy groups -OCH3 is 1. The number of ether oxygens (including phenoxy) is 2. The Labute approximate surface area is 175 Å². The number of anilines is 1. The number of esters is 1. The Balaban J connectivity index is 1.49. The highest BCUT2D eigenvalue weighted by atomic mass is 16.5. The van der Waals surface area contributed by atoms with Gasteiger partial charge in [0.25, 0.3) is 0 Å². The van der Waals surface area contributed by atoms with Gasteiger partial charge in [0.15, 0.2) is 5.78 Å². The van der Waals surface area contributed by atoms with E-state index in [-0.39, 0.29) is 17.9 Å². The van der Waals surface area contributed by atoms with E-state index in [1.54, 1.807) is 6.07 Å². The Hall–Kier alpha value is -3.54. The van der Waals surface area contributed by atoms with Crippen LogP contribution in [-0.4, -0.2) is 42.6 Å². The molecule has 1 aliphatic heterocycles. The van der Waals surface area contributed by atoms with E-state index in [2.05, 4.69) is 4.90 Å². The van der Waals surface area contributed by atoms with E-state index in [1.165, 1.54) is 7.11 Å². The van der Waals surface area contributed by atoms with Gasteiger partial charge in [0.2, 0.25) is 0 Å². The van der Waals surface area contributed by atoms with Crippen molar-refractivity contribution in [1.82, 2.24) is 4.57 Å². The van der Waals surface area contributed by atoms with Crippen LogP contribution in [0.3, 0.4) is 0 Å². The number of benzene rings is 2. The van der Waals surface area contributed by atoms with Gasteiger partial charge in [-0.25, -0.2) is 4.79 Å². The third-order valence-electron chi connectivity index (χ3n) is 5.27. The fraction of sp³-hybridized carbons (Fsp3) is 0.250. The van der Waals surface area contributed by atoms with Crippen molar-refractivity contribution in [1.29, 1.82) is 0 Å². The summed E-state index contributed by atoms with van der Waals surface area (Å²) < 4.78 is 13.0. The molecule has 2 heterocycles. The lowest BCUT2D eigenvalue weighted by Gasteiger charge is -2.41. The van der Waals surface area contributed by atoms with Crippen molar-refractivity contribution in [2.45, 2.75) is 19.4 Å². The minimum Gasteiger partial charge on any atom is -0.487 e. The molecule has 3 aromatic rings. The molecule has 0 unspecified atom stereocenters. The van der Waals surface area contributed by atoms with Gasteiger partial charge >= 0.3 is 5.97 Å². The minimum atomic E-state index is -0.365. The highest BCUT2D eigenvalue weighted by Crippen LogP contribution is 2.33. The summed E-state index contributed by atoms with van der Waals surface area (Å²) in [7, 11) is 1.39. The Morgan fingerprint density at radius 1 is 1.00 bits per heavy atom. The third kappa shape index (κ3) is 3.81. The Morgan fingerprint density at radius 3 is 2.33 bits per heavy atom. The molecule has 1 aromatic heterocycles. The molecule has 2 aromatic carbocycles. The van der Waals surface area contributed by atoms with E-state index in [4.69, 9.17) is 9.47 Å². The van der Waals surface area contributed by atoms with Gasteiger partial charge in [-0.2, -0.15) is 0 Å². The van der Waals surface area contributed by atoms with Crippen LogP contribution >= 0.6 is 0 Å². The fourth-order valence-electron chi connectivity index (χ4n) is 3.64. The van der Waals surface area contributed by atoms with E-state index in [1.807, 2.05) is 72.4 Å². The highest BCUT2D eigenvalue weighted by Gasteiger charge is 2.32. The quantitative estimate of drug-likeness (QED) is 0.438. The van der Waals surface area contributed by atoms with E-state index in [0.29, 0.717) is 30.6 Å². The Kier molecular flexibility index (Phi) is 5.57. The molecule has 0 radical (unpaired) electrons. The number of rotatable bonds is 7. The molecule has 1 fully saturated rings. The van der Waals surface area contributed by atoms with Crippen LogP contribution in [0.25, 0.3) is 5.69 Å². The van der Waals surface area contributed by atoms with E-state index in [0.717, 1.165) is 17.1 Å². The lowest BCUT2D eigenvalue weighted by molar-refractivity contribution is 0.0600. The summed E-state index contributed by atoms with van der Waals surface area (Å²) in [6.07, 6.45) is 4.36. The standard InChI is InChI=1S/C24H24N2O4/c1-3-22(27)17-9-11-18(12-10-17)30-19-15-26(16-19)21-8-6-7-20(24(28)29-2)23(21)25-13-4-5-14-25/h4-14,19H,3,15-16H2,1-2H3. The monoisotopic (exact) mass is 404 g/mol. The van der Waals surface area contributed by atoms with Gasteiger partial charge in [0.1, 0.15) is 11.9 Å². The lowest BCUT2D eigenvalue weighted by Crippen LogP contribution is -2.54. The fourth-order valence-corrected chi connectivity index (χ4v) is 3.64. The zero-order chi connectivity index (χ0) is 21.1. The second-order valence-electron chi connectivity index (χ2n) is 7.20. The number of carbonyl (C=O) groups excluding carboxylic acids is 2. The Morgan fingerprint density at radius 2 is 1.70 bits per heavy atom. The maximum Gasteiger partial charge on any atom is 0.340 e. The molecule has 1 saturated heterocycles. The van der Waals surface area contributed by atoms with Crippen LogP contribution in [0.15, 0.2) is 67.0 Å². The second-order valence-corrected chi connectivity index (χ2v) is 7.20. The normalized spacial score (nSPS) is 13.6. The molecule has 0 amide bonds. The zero-order valence-corrected chi connectivity index (χ0v) is 17.1. The molecule has 0 N–H and O–H groups in total. The molecule has 4 rings (SSSR count). The number of hydrogen-bond donors (Lipinski definition) is 0. The van der Waals surface area contributed by atoms with Crippen molar-refractivity contribution in [3.8, 4) is 11.4 Å². The average Bonchev–Trinajstić information content (AvgIpc) is 3.29. The van der Waals surface area contributed by atoms with Crippen molar-refractivity contribution in [2.75, 3.05) is 25.1 Å². The minimum absolute atomic E-state index is 0.0389. The van der Waals surface area contributed by atoms with Crippen molar-refractivity contribution >= 4 is 17.4 Å². The summed E-state index contributed by atoms with van der Waals surface area (Å²) in [5, 5.41) is 0. The molecule has 6 nitrogen and oxygen atoms in total. The van der Waals surface area contributed by atoms with Crippen LogP contribution in [-0.2, 0) is 4.74 Å². The average molecular weight is 404 g/mol. The van der Waals surface area contributed by atoms with Crippen LogP contribution in [0.4, 0.5) is 5.69 Å². The molecule has 6 heteroatoms. The summed E-state index contributed by atoms with van der Waals surface area (Å²) in [6.45, 7) is 3.26. The topological polar surface area (TPSA) is 60.8 Å². The van der Waals surface area contributed by atoms with Gasteiger partial charge in [-0.05, 0) is 48.5 Å². The lowest BCUT2D eigenvalue weighted by atomic mass is 10.1. The SMILES string of the molecule is CCC(=O)c1ccc(OC2CN(c3cccc(C(=O)OC)c3-n3cccc3)C2)cc1. The summed E-state index contributed by atoms with van der Waals surface area (Å²) in [6, 6.07) is 16.8. The van der Waals surface area contributed by atoms with E-state index >= 15 is 0 Å². The largest absolute Gasteiger partial charge is 0.487 e. The number of nitrogens with zero attached hydrogens (tertiary/aromatic N) is 2. The summed E-state index contributed by atoms with van der Waals surface area (Å²) >= 11 is 0. The van der Waals surface area contributed by atoms with E-state index < -0.39 is 0 Å². The third-order valence-corrected chi connectivity index (χ3v) is 5.27. The summed E-state index contributed by atoms with van der Waals surface area (Å²) in [4.78, 5) is 26.3. The predicted octanol–water partition coefficient (Wildman–Crippen LogP) is 4.12. The van der Waals surface area contributed by atoms with E-state index in [9.17, 15) is 9.59 Å². The van der Waals surface area contributed by atoms with Gasteiger partial charge < -0.3 is 18.9 Å². The molecule has 154 valence electrons. The first-order chi connectivity index (χ1) is 14.6. The van der Waals surface area contributed by atoms with Crippen molar-refractivity contribution in [3.05, 3.63) is 78.1 Å². The zero-order valence-electron chi connectivity index (χ0n) is 17.1. The van der Waals surface area contributed by atoms with Gasteiger partial charge in [0.05, 0.1) is 37.1 Å². The van der Waals surface area contributed by atoms with Gasteiger partial charge in [0, 0.05) is 24.4 Å². The van der Waals surface area contributed by atoms with Crippen LogP contribution in [0.5, 0.6) is 5.75 Å². The summed E-state index contributed by atoms with van der Waals surface area (Å²) in [5.41, 5.74) is 2.98. The molecule has 1 aliphatic rings. The first-order valence-electron chi connectivity index (χ1n) is 10.00. The van der Waals surface area contributed by atoms with Gasteiger partial charge in [-0.15, -0.1) is 0 Å². The Bertz CT molecular complexity index is 1040. The molecule has 0 atom stereocenters. The molecular formula is C24H24N2O4. The number of hydrogen-bond acceptors (Lipinski definition) is 5. The first-order valence-corrected chi connectivity index (χ1v) is 10.00. The number of ketones is 1. The molecule has 0 saturated carbocycles. The number of para-hydroxylation sites is 1. The number of Topliss-reactive ketones (excluding diaryl/α,β-unsaturated/α-hetero) is 1. The maximum atomic E-state index is 12.3. The number of aromatic nitrogens is 1. The van der Waals surface area contributed by atoms with Crippen molar-refractivity contribution in [2.24, 2.45) is 0 Å². The van der Waals surface area contributed by atoms with Crippen molar-refractivity contribution in [3.63, 3.8) is 0 Å². The van der Waals surface area contributed by atoms with Gasteiger partial charge in [-0.1, -0.05) is 13.0 Å². The molecule has 30 heavy (non-hydrogen) atoms. The van der Waals surface area contributed by atoms with Gasteiger partial charge in [-0.3, -0.25) is 4.79 Å². The van der Waals surface area contributed by atoms with Crippen LogP contribution in [0, 0.1) is 0 Å². The van der Waals surface area contributed by atoms with Crippen LogP contribution < -0.4 is 9.64 Å². The smallest absolute Gasteiger partial charge is 0.340 e. The molecule has 0 spiro atoms. The highest BCUT2D eigenvalue weighted by molar-refractivity contribution is 5.97. The first kappa shape index (κ1) is 19.8. The van der Waals surface area contributed by atoms with Crippen LogP contribution in [0.2, 0.25) is 0 Å². The molecular weight excluding hydrogens is 380 g/mol. The maximum absolute atomic E-state index is 12.3. The number of carbonyl (C=O) groups is 2. The second kappa shape index (κ2) is 8.45. The van der Waals surface area contributed by atoms with Crippen molar-refractivity contribution < 1.29 is 19.1 Å². The molecule has 0 bridgehead atoms. The molecule has 0 aliphatic carbocycles.